The van der Waals surface area contributed by atoms with Crippen LogP contribution in [0.1, 0.15) is 11.1 Å². The summed E-state index contributed by atoms with van der Waals surface area (Å²) in [5.74, 6) is 0. The molecule has 0 N–H and O–H groups in total. The molecule has 0 saturated carbocycles. The van der Waals surface area contributed by atoms with Crippen LogP contribution < -0.4 is 0 Å². The normalized spacial score (nSPS) is 13.0. The summed E-state index contributed by atoms with van der Waals surface area (Å²) in [5.41, 5.74) is -1.42. The van der Waals surface area contributed by atoms with Gasteiger partial charge in [0.2, 0.25) is 0 Å². The van der Waals surface area contributed by atoms with Crippen molar-refractivity contribution in [1.29, 1.82) is 0 Å². The van der Waals surface area contributed by atoms with Gasteiger partial charge in [0.25, 0.3) is 4.59 Å². The SMILES string of the molecule is FC(F)(F)c1cccc(C(F)(Cl)Cl)c1. The molecule has 0 bridgehead atoms. The molecular weight excluding hydrogens is 243 g/mol. The number of hydrogen-bond acceptors (Lipinski definition) is 0. The van der Waals surface area contributed by atoms with Crippen molar-refractivity contribution in [3.8, 4) is 0 Å². The molecular formula is C8H4Cl2F4. The van der Waals surface area contributed by atoms with E-state index in [2.05, 4.69) is 0 Å². The van der Waals surface area contributed by atoms with Crippen LogP contribution in [-0.4, -0.2) is 0 Å². The van der Waals surface area contributed by atoms with Gasteiger partial charge in [-0.05, 0) is 12.1 Å². The van der Waals surface area contributed by atoms with Gasteiger partial charge in [-0.2, -0.15) is 13.2 Å². The monoisotopic (exact) mass is 246 g/mol. The number of rotatable bonds is 1. The summed E-state index contributed by atoms with van der Waals surface area (Å²) in [6, 6.07) is 3.50. The Bertz CT molecular complexity index is 298. The predicted molar refractivity (Wildman–Crippen MR) is 45.9 cm³/mol. The molecule has 78 valence electrons. The Kier molecular flexibility index (Phi) is 2.97. The molecule has 0 saturated heterocycles. The van der Waals surface area contributed by atoms with Crippen LogP contribution in [0.4, 0.5) is 17.6 Å². The second-order valence-corrected chi connectivity index (χ2v) is 3.81. The first kappa shape index (κ1) is 11.6. The zero-order valence-corrected chi connectivity index (χ0v) is 8.09. The van der Waals surface area contributed by atoms with E-state index >= 15 is 0 Å². The lowest BCUT2D eigenvalue weighted by atomic mass is 10.1. The summed E-state index contributed by atoms with van der Waals surface area (Å²) in [4.78, 5) is 0. The van der Waals surface area contributed by atoms with Gasteiger partial charge in [0.15, 0.2) is 0 Å². The fourth-order valence-electron chi connectivity index (χ4n) is 0.872. The van der Waals surface area contributed by atoms with E-state index in [0.29, 0.717) is 6.07 Å². The van der Waals surface area contributed by atoms with E-state index in [1.54, 1.807) is 0 Å². The van der Waals surface area contributed by atoms with Gasteiger partial charge in [0.1, 0.15) is 0 Å². The van der Waals surface area contributed by atoms with Crippen LogP contribution >= 0.6 is 23.2 Å². The lowest BCUT2D eigenvalue weighted by Gasteiger charge is -2.12. The van der Waals surface area contributed by atoms with Crippen molar-refractivity contribution in [2.45, 2.75) is 10.8 Å². The van der Waals surface area contributed by atoms with Crippen LogP contribution in [0.3, 0.4) is 0 Å². The topological polar surface area (TPSA) is 0 Å². The number of hydrogen-bond donors (Lipinski definition) is 0. The Morgan fingerprint density at radius 1 is 0.929 bits per heavy atom. The third kappa shape index (κ3) is 2.75. The average Bonchev–Trinajstić information content (AvgIpc) is 2.01. The van der Waals surface area contributed by atoms with Crippen molar-refractivity contribution in [3.63, 3.8) is 0 Å². The summed E-state index contributed by atoms with van der Waals surface area (Å²) in [6.45, 7) is 0. The molecule has 0 nitrogen and oxygen atoms in total. The number of halogens is 6. The molecule has 0 fully saturated rings. The van der Waals surface area contributed by atoms with E-state index < -0.39 is 21.9 Å². The van der Waals surface area contributed by atoms with E-state index in [0.717, 1.165) is 18.2 Å². The van der Waals surface area contributed by atoms with E-state index in [-0.39, 0.29) is 0 Å². The van der Waals surface area contributed by atoms with Gasteiger partial charge in [0.05, 0.1) is 5.56 Å². The Morgan fingerprint density at radius 3 is 1.86 bits per heavy atom. The van der Waals surface area contributed by atoms with Crippen LogP contribution in [-0.2, 0) is 10.8 Å². The second-order valence-electron chi connectivity index (χ2n) is 2.58. The summed E-state index contributed by atoms with van der Waals surface area (Å²) in [6.07, 6.45) is -4.53. The zero-order chi connectivity index (χ0) is 11.0. The largest absolute Gasteiger partial charge is 0.416 e. The maximum absolute atomic E-state index is 12.9. The quantitative estimate of drug-likeness (QED) is 0.513. The highest BCUT2D eigenvalue weighted by atomic mass is 35.5. The first-order chi connectivity index (χ1) is 6.21. The van der Waals surface area contributed by atoms with E-state index in [1.807, 2.05) is 0 Å². The fourth-order valence-corrected chi connectivity index (χ4v) is 1.11. The number of benzene rings is 1. The maximum Gasteiger partial charge on any atom is 0.416 e. The molecule has 0 aromatic heterocycles. The molecule has 0 heterocycles. The van der Waals surface area contributed by atoms with E-state index in [9.17, 15) is 17.6 Å². The summed E-state index contributed by atoms with van der Waals surface area (Å²) in [5, 5.41) is 0. The third-order valence-electron chi connectivity index (χ3n) is 1.52. The Balaban J connectivity index is 3.15. The minimum Gasteiger partial charge on any atom is -0.203 e. The minimum absolute atomic E-state index is 0.435. The van der Waals surface area contributed by atoms with Crippen molar-refractivity contribution in [3.05, 3.63) is 35.4 Å². The van der Waals surface area contributed by atoms with Gasteiger partial charge in [-0.15, -0.1) is 0 Å². The molecule has 6 heteroatoms. The molecule has 0 atom stereocenters. The van der Waals surface area contributed by atoms with E-state index in [1.165, 1.54) is 0 Å². The molecule has 1 aromatic carbocycles. The van der Waals surface area contributed by atoms with Gasteiger partial charge in [-0.1, -0.05) is 35.3 Å². The maximum atomic E-state index is 12.9. The van der Waals surface area contributed by atoms with Crippen molar-refractivity contribution < 1.29 is 17.6 Å². The molecule has 0 unspecified atom stereocenters. The molecule has 14 heavy (non-hydrogen) atoms. The minimum atomic E-state index is -4.53. The molecule has 0 aliphatic heterocycles. The van der Waals surface area contributed by atoms with Crippen molar-refractivity contribution in [1.82, 2.24) is 0 Å². The van der Waals surface area contributed by atoms with Crippen LogP contribution in [0.2, 0.25) is 0 Å². The highest BCUT2D eigenvalue weighted by molar-refractivity contribution is 6.46. The van der Waals surface area contributed by atoms with Crippen LogP contribution in [0.5, 0.6) is 0 Å². The summed E-state index contributed by atoms with van der Waals surface area (Å²) in [7, 11) is 0. The van der Waals surface area contributed by atoms with Crippen molar-refractivity contribution in [2.24, 2.45) is 0 Å². The van der Waals surface area contributed by atoms with Crippen LogP contribution in [0.25, 0.3) is 0 Å². The standard InChI is InChI=1S/C8H4Cl2F4/c9-7(10,11)5-2-1-3-6(4-5)8(12,13)14/h1-4H. The smallest absolute Gasteiger partial charge is 0.203 e. The summed E-state index contributed by atoms with van der Waals surface area (Å²) >= 11 is 10.0. The van der Waals surface area contributed by atoms with Gasteiger partial charge >= 0.3 is 6.18 Å². The molecule has 1 rings (SSSR count). The summed E-state index contributed by atoms with van der Waals surface area (Å²) < 4.78 is 46.5. The zero-order valence-electron chi connectivity index (χ0n) is 6.58. The highest BCUT2D eigenvalue weighted by Gasteiger charge is 2.33. The Labute approximate surface area is 87.4 Å². The first-order valence-electron chi connectivity index (χ1n) is 3.46. The molecule has 0 radical (unpaired) electrons. The molecule has 0 aliphatic rings. The number of alkyl halides is 6. The van der Waals surface area contributed by atoms with Gasteiger partial charge < -0.3 is 0 Å². The Morgan fingerprint density at radius 2 is 1.43 bits per heavy atom. The van der Waals surface area contributed by atoms with Crippen LogP contribution in [0.15, 0.2) is 24.3 Å². The van der Waals surface area contributed by atoms with Gasteiger partial charge in [-0.25, -0.2) is 4.39 Å². The molecule has 1 aromatic rings. The van der Waals surface area contributed by atoms with Crippen molar-refractivity contribution in [2.75, 3.05) is 0 Å². The van der Waals surface area contributed by atoms with Gasteiger partial charge in [0, 0.05) is 5.56 Å². The average molecular weight is 247 g/mol. The molecule has 0 amide bonds. The van der Waals surface area contributed by atoms with Crippen LogP contribution in [0, 0.1) is 0 Å². The molecule has 0 aliphatic carbocycles. The fraction of sp³-hybridized carbons (Fsp3) is 0.250. The molecule has 0 spiro atoms. The third-order valence-corrected chi connectivity index (χ3v) is 1.95. The Hall–Kier alpha value is -0.480. The predicted octanol–water partition coefficient (Wildman–Crippen LogP) is 4.26. The lowest BCUT2D eigenvalue weighted by molar-refractivity contribution is -0.137. The highest BCUT2D eigenvalue weighted by Crippen LogP contribution is 2.38. The second kappa shape index (κ2) is 3.59. The van der Waals surface area contributed by atoms with E-state index in [4.69, 9.17) is 23.2 Å². The lowest BCUT2D eigenvalue weighted by Crippen LogP contribution is -2.08. The first-order valence-corrected chi connectivity index (χ1v) is 4.21. The van der Waals surface area contributed by atoms with Crippen molar-refractivity contribution >= 4 is 23.2 Å². The van der Waals surface area contributed by atoms with Gasteiger partial charge in [-0.3, -0.25) is 0 Å².